The minimum Gasteiger partial charge on any atom is -0.360 e. The highest BCUT2D eigenvalue weighted by Gasteiger charge is 2.42. The number of epoxide rings is 1. The second-order valence-corrected chi connectivity index (χ2v) is 3.01. The lowest BCUT2D eigenvalue weighted by Crippen LogP contribution is -1.98. The first kappa shape index (κ1) is 6.31. The first-order chi connectivity index (χ1) is 5.84. The lowest BCUT2D eigenvalue weighted by molar-refractivity contribution is 0.394. The Morgan fingerprint density at radius 3 is 3.33 bits per heavy atom. The Hall–Kier alpha value is -1.22. The van der Waals surface area contributed by atoms with Crippen LogP contribution in [0.2, 0.25) is 0 Å². The maximum atomic E-state index is 12.7. The molecule has 0 radical (unpaired) electrons. The van der Waals surface area contributed by atoms with Gasteiger partial charge >= 0.3 is 0 Å². The fourth-order valence-electron chi connectivity index (χ4n) is 1.54. The largest absolute Gasteiger partial charge is 0.360 e. The molecule has 1 aromatic rings. The molecule has 1 aliphatic carbocycles. The fraction of sp³-hybridized carbons (Fsp3) is 0.222. The SMILES string of the molecule is Fc1cnc2c(c1)[C@H]1O[C@H]1C=C2. The molecule has 2 aliphatic rings. The molecule has 1 aromatic heterocycles. The summed E-state index contributed by atoms with van der Waals surface area (Å²) < 4.78 is 18.0. The van der Waals surface area contributed by atoms with E-state index in [1.807, 2.05) is 12.2 Å². The minimum absolute atomic E-state index is 0.0631. The fourth-order valence-corrected chi connectivity index (χ4v) is 1.54. The van der Waals surface area contributed by atoms with Crippen LogP contribution in [0.15, 0.2) is 18.3 Å². The maximum absolute atomic E-state index is 12.7. The highest BCUT2D eigenvalue weighted by atomic mass is 19.1. The Balaban J connectivity index is 2.22. The summed E-state index contributed by atoms with van der Waals surface area (Å²) in [7, 11) is 0. The molecule has 0 spiro atoms. The Labute approximate surface area is 68.7 Å². The lowest BCUT2D eigenvalue weighted by atomic mass is 10.0. The number of nitrogens with zero attached hydrogens (tertiary/aromatic N) is 1. The molecule has 12 heavy (non-hydrogen) atoms. The van der Waals surface area contributed by atoms with Crippen LogP contribution in [-0.4, -0.2) is 11.1 Å². The molecule has 2 nitrogen and oxygen atoms in total. The number of hydrogen-bond donors (Lipinski definition) is 0. The van der Waals surface area contributed by atoms with E-state index < -0.39 is 0 Å². The summed E-state index contributed by atoms with van der Waals surface area (Å²) in [5, 5.41) is 0. The van der Waals surface area contributed by atoms with Crippen molar-refractivity contribution in [3.8, 4) is 0 Å². The van der Waals surface area contributed by atoms with Gasteiger partial charge in [0.1, 0.15) is 18.0 Å². The number of hydrogen-bond acceptors (Lipinski definition) is 2. The molecule has 1 fully saturated rings. The van der Waals surface area contributed by atoms with Crippen molar-refractivity contribution in [2.24, 2.45) is 0 Å². The van der Waals surface area contributed by atoms with Gasteiger partial charge in [0, 0.05) is 5.56 Å². The summed E-state index contributed by atoms with van der Waals surface area (Å²) in [6.45, 7) is 0. The number of aromatic nitrogens is 1. The first-order valence-electron chi connectivity index (χ1n) is 3.84. The Morgan fingerprint density at radius 1 is 1.50 bits per heavy atom. The standard InChI is InChI=1S/C9H6FNO/c10-5-3-6-7(11-4-5)1-2-8-9(6)12-8/h1-4,8-9H/t8-,9+/m0/s1. The molecule has 0 bridgehead atoms. The van der Waals surface area contributed by atoms with Crippen molar-refractivity contribution in [1.29, 1.82) is 0 Å². The van der Waals surface area contributed by atoms with E-state index in [9.17, 15) is 4.39 Å². The lowest BCUT2D eigenvalue weighted by Gasteiger charge is -2.04. The zero-order chi connectivity index (χ0) is 8.13. The Bertz CT molecular complexity index is 375. The van der Waals surface area contributed by atoms with Gasteiger partial charge in [-0.2, -0.15) is 0 Å². The molecule has 2 atom stereocenters. The van der Waals surface area contributed by atoms with Crippen molar-refractivity contribution in [1.82, 2.24) is 4.98 Å². The van der Waals surface area contributed by atoms with Crippen LogP contribution in [0.25, 0.3) is 6.08 Å². The summed E-state index contributed by atoms with van der Waals surface area (Å²) in [4.78, 5) is 3.95. The topological polar surface area (TPSA) is 25.4 Å². The highest BCUT2D eigenvalue weighted by Crippen LogP contribution is 2.44. The summed E-state index contributed by atoms with van der Waals surface area (Å²) in [5.41, 5.74) is 1.71. The van der Waals surface area contributed by atoms with Gasteiger partial charge in [-0.15, -0.1) is 0 Å². The van der Waals surface area contributed by atoms with Crippen molar-refractivity contribution in [2.45, 2.75) is 12.2 Å². The van der Waals surface area contributed by atoms with E-state index in [0.29, 0.717) is 0 Å². The predicted molar refractivity (Wildman–Crippen MR) is 40.8 cm³/mol. The summed E-state index contributed by atoms with van der Waals surface area (Å²) in [6, 6.07) is 1.50. The van der Waals surface area contributed by atoms with Gasteiger partial charge in [0.05, 0.1) is 11.9 Å². The van der Waals surface area contributed by atoms with E-state index in [2.05, 4.69) is 4.98 Å². The van der Waals surface area contributed by atoms with Gasteiger partial charge in [0.25, 0.3) is 0 Å². The van der Waals surface area contributed by atoms with E-state index in [1.54, 1.807) is 0 Å². The normalized spacial score (nSPS) is 29.4. The number of halogens is 1. The highest BCUT2D eigenvalue weighted by molar-refractivity contribution is 5.56. The average molecular weight is 163 g/mol. The van der Waals surface area contributed by atoms with E-state index >= 15 is 0 Å². The Kier molecular flexibility index (Phi) is 1.01. The third kappa shape index (κ3) is 0.741. The Morgan fingerprint density at radius 2 is 2.42 bits per heavy atom. The third-order valence-electron chi connectivity index (χ3n) is 2.19. The quantitative estimate of drug-likeness (QED) is 0.544. The molecule has 0 amide bonds. The third-order valence-corrected chi connectivity index (χ3v) is 2.19. The zero-order valence-electron chi connectivity index (χ0n) is 6.20. The van der Waals surface area contributed by atoms with Crippen LogP contribution in [0.3, 0.4) is 0 Å². The van der Waals surface area contributed by atoms with Gasteiger partial charge in [0.2, 0.25) is 0 Å². The number of rotatable bonds is 0. The van der Waals surface area contributed by atoms with E-state index in [0.717, 1.165) is 11.3 Å². The number of fused-ring (bicyclic) bond motifs is 3. The van der Waals surface area contributed by atoms with Gasteiger partial charge in [-0.05, 0) is 12.1 Å². The molecule has 60 valence electrons. The molecule has 3 rings (SSSR count). The van der Waals surface area contributed by atoms with Gasteiger partial charge < -0.3 is 4.74 Å². The molecule has 1 aliphatic heterocycles. The van der Waals surface area contributed by atoms with Crippen LogP contribution >= 0.6 is 0 Å². The van der Waals surface area contributed by atoms with Crippen molar-refractivity contribution in [3.63, 3.8) is 0 Å². The zero-order valence-corrected chi connectivity index (χ0v) is 6.20. The number of pyridine rings is 1. The van der Waals surface area contributed by atoms with E-state index in [1.165, 1.54) is 12.3 Å². The van der Waals surface area contributed by atoms with Crippen LogP contribution < -0.4 is 0 Å². The van der Waals surface area contributed by atoms with Crippen LogP contribution in [0.1, 0.15) is 17.4 Å². The van der Waals surface area contributed by atoms with Gasteiger partial charge in [0.15, 0.2) is 0 Å². The monoisotopic (exact) mass is 163 g/mol. The number of ether oxygens (including phenoxy) is 1. The molecule has 0 N–H and O–H groups in total. The van der Waals surface area contributed by atoms with Gasteiger partial charge in [-0.3, -0.25) is 4.98 Å². The van der Waals surface area contributed by atoms with Gasteiger partial charge in [-0.25, -0.2) is 4.39 Å². The summed E-state index contributed by atoms with van der Waals surface area (Å²) in [6.07, 6.45) is 5.29. The van der Waals surface area contributed by atoms with E-state index in [-0.39, 0.29) is 18.0 Å². The summed E-state index contributed by atoms with van der Waals surface area (Å²) in [5.74, 6) is -0.293. The first-order valence-corrected chi connectivity index (χ1v) is 3.84. The second-order valence-electron chi connectivity index (χ2n) is 3.01. The van der Waals surface area contributed by atoms with Crippen LogP contribution in [0.4, 0.5) is 4.39 Å². The van der Waals surface area contributed by atoms with Crippen molar-refractivity contribution >= 4 is 6.08 Å². The average Bonchev–Trinajstić information content (AvgIpc) is 2.82. The van der Waals surface area contributed by atoms with Crippen molar-refractivity contribution in [3.05, 3.63) is 35.4 Å². The molecule has 0 saturated carbocycles. The second kappa shape index (κ2) is 1.93. The predicted octanol–water partition coefficient (Wildman–Crippen LogP) is 1.69. The van der Waals surface area contributed by atoms with E-state index in [4.69, 9.17) is 4.74 Å². The van der Waals surface area contributed by atoms with Crippen LogP contribution in [-0.2, 0) is 4.74 Å². The molecule has 0 aromatic carbocycles. The maximum Gasteiger partial charge on any atom is 0.141 e. The molecule has 3 heteroatoms. The van der Waals surface area contributed by atoms with Crippen molar-refractivity contribution < 1.29 is 9.13 Å². The summed E-state index contributed by atoms with van der Waals surface area (Å²) >= 11 is 0. The molecule has 1 saturated heterocycles. The smallest absolute Gasteiger partial charge is 0.141 e. The molecular formula is C9H6FNO. The van der Waals surface area contributed by atoms with Crippen LogP contribution in [0, 0.1) is 5.82 Å². The molecular weight excluding hydrogens is 157 g/mol. The van der Waals surface area contributed by atoms with Crippen molar-refractivity contribution in [2.75, 3.05) is 0 Å². The molecule has 0 unspecified atom stereocenters. The minimum atomic E-state index is -0.293. The molecule has 2 heterocycles. The van der Waals surface area contributed by atoms with Gasteiger partial charge in [-0.1, -0.05) is 6.08 Å². The van der Waals surface area contributed by atoms with Crippen LogP contribution in [0.5, 0.6) is 0 Å².